The molecule has 1 aromatic heterocycles. The van der Waals surface area contributed by atoms with E-state index in [1.54, 1.807) is 23.5 Å². The van der Waals surface area contributed by atoms with Crippen LogP contribution in [0, 0.1) is 24.0 Å². The lowest BCUT2D eigenvalue weighted by Gasteiger charge is -2.12. The average molecular weight is 291 g/mol. The first-order valence-corrected chi connectivity index (χ1v) is 7.20. The van der Waals surface area contributed by atoms with E-state index in [9.17, 15) is 10.1 Å². The van der Waals surface area contributed by atoms with Gasteiger partial charge in [0.05, 0.1) is 15.6 Å². The predicted octanol–water partition coefficient (Wildman–Crippen LogP) is 3.52. The summed E-state index contributed by atoms with van der Waals surface area (Å²) in [6.45, 7) is 6.50. The lowest BCUT2D eigenvalue weighted by atomic mass is 10.1. The van der Waals surface area contributed by atoms with Gasteiger partial charge >= 0.3 is 0 Å². The smallest absolute Gasteiger partial charge is 0.273 e. The fourth-order valence-corrected chi connectivity index (χ4v) is 3.06. The van der Waals surface area contributed by atoms with Crippen molar-refractivity contribution in [3.05, 3.63) is 55.5 Å². The summed E-state index contributed by atoms with van der Waals surface area (Å²) in [4.78, 5) is 16.3. The molecule has 0 saturated heterocycles. The lowest BCUT2D eigenvalue weighted by molar-refractivity contribution is -0.385. The van der Waals surface area contributed by atoms with Crippen molar-refractivity contribution in [3.8, 4) is 0 Å². The molecular formula is C14H17N3O2S. The number of thiazole rings is 1. The highest BCUT2D eigenvalue weighted by Crippen LogP contribution is 2.24. The molecule has 0 aliphatic carbocycles. The number of nitrogens with one attached hydrogen (secondary N) is 1. The van der Waals surface area contributed by atoms with E-state index in [-0.39, 0.29) is 16.7 Å². The van der Waals surface area contributed by atoms with Gasteiger partial charge in [-0.2, -0.15) is 0 Å². The Hall–Kier alpha value is -1.79. The zero-order valence-corrected chi connectivity index (χ0v) is 12.5. The van der Waals surface area contributed by atoms with Crippen LogP contribution >= 0.6 is 11.3 Å². The molecule has 1 heterocycles. The molecule has 1 N–H and O–H groups in total. The average Bonchev–Trinajstić information content (AvgIpc) is 2.75. The van der Waals surface area contributed by atoms with Crippen LogP contribution in [0.25, 0.3) is 0 Å². The number of nitro benzene ring substituents is 1. The van der Waals surface area contributed by atoms with Gasteiger partial charge < -0.3 is 5.32 Å². The first kappa shape index (κ1) is 14.6. The number of hydrogen-bond acceptors (Lipinski definition) is 5. The zero-order valence-electron chi connectivity index (χ0n) is 11.7. The molecule has 2 aromatic rings. The monoisotopic (exact) mass is 291 g/mol. The van der Waals surface area contributed by atoms with Crippen molar-refractivity contribution in [2.24, 2.45) is 0 Å². The molecular weight excluding hydrogens is 274 g/mol. The third-order valence-electron chi connectivity index (χ3n) is 3.14. The maximum absolute atomic E-state index is 11.0. The molecule has 20 heavy (non-hydrogen) atoms. The first-order valence-electron chi connectivity index (χ1n) is 6.38. The van der Waals surface area contributed by atoms with Gasteiger partial charge in [0.25, 0.3) is 5.69 Å². The third-order valence-corrected chi connectivity index (χ3v) is 4.04. The molecule has 1 unspecified atom stereocenters. The van der Waals surface area contributed by atoms with Crippen molar-refractivity contribution in [1.82, 2.24) is 10.3 Å². The van der Waals surface area contributed by atoms with Gasteiger partial charge in [-0.25, -0.2) is 4.98 Å². The van der Waals surface area contributed by atoms with E-state index in [4.69, 9.17) is 0 Å². The van der Waals surface area contributed by atoms with Gasteiger partial charge in [-0.3, -0.25) is 10.1 Å². The van der Waals surface area contributed by atoms with E-state index >= 15 is 0 Å². The maximum atomic E-state index is 11.0. The lowest BCUT2D eigenvalue weighted by Crippen LogP contribution is -2.19. The van der Waals surface area contributed by atoms with Gasteiger partial charge in [-0.15, -0.1) is 11.3 Å². The summed E-state index contributed by atoms with van der Waals surface area (Å²) in [5, 5.41) is 15.3. The van der Waals surface area contributed by atoms with E-state index in [0.29, 0.717) is 12.1 Å². The normalized spacial score (nSPS) is 12.3. The van der Waals surface area contributed by atoms with Gasteiger partial charge in [0.1, 0.15) is 0 Å². The fourth-order valence-electron chi connectivity index (χ4n) is 2.14. The molecule has 0 aliphatic rings. The summed E-state index contributed by atoms with van der Waals surface area (Å²) in [6.07, 6.45) is 0. The van der Waals surface area contributed by atoms with Gasteiger partial charge in [-0.05, 0) is 20.8 Å². The molecule has 0 aliphatic heterocycles. The summed E-state index contributed by atoms with van der Waals surface area (Å²) in [5.41, 5.74) is 1.86. The molecule has 0 fully saturated rings. The first-order chi connectivity index (χ1) is 9.49. The topological polar surface area (TPSA) is 68.1 Å². The Kier molecular flexibility index (Phi) is 4.46. The van der Waals surface area contributed by atoms with Crippen LogP contribution in [0.5, 0.6) is 0 Å². The summed E-state index contributed by atoms with van der Waals surface area (Å²) in [5.74, 6) is 0. The van der Waals surface area contributed by atoms with E-state index in [2.05, 4.69) is 10.3 Å². The predicted molar refractivity (Wildman–Crippen MR) is 79.9 cm³/mol. The zero-order chi connectivity index (χ0) is 14.7. The van der Waals surface area contributed by atoms with E-state index in [1.165, 1.54) is 10.9 Å². The summed E-state index contributed by atoms with van der Waals surface area (Å²) < 4.78 is 0. The molecule has 0 spiro atoms. The highest BCUT2D eigenvalue weighted by atomic mass is 32.1. The minimum Gasteiger partial charge on any atom is -0.304 e. The Morgan fingerprint density at radius 2 is 2.10 bits per heavy atom. The number of aryl methyl sites for hydroxylation is 2. The second kappa shape index (κ2) is 6.11. The highest BCUT2D eigenvalue weighted by Gasteiger charge is 2.16. The minimum absolute atomic E-state index is 0.0692. The number of hydrogen-bond donors (Lipinski definition) is 1. The van der Waals surface area contributed by atoms with Crippen LogP contribution < -0.4 is 5.32 Å². The van der Waals surface area contributed by atoms with Crippen molar-refractivity contribution in [2.45, 2.75) is 33.4 Å². The van der Waals surface area contributed by atoms with Gasteiger partial charge in [-0.1, -0.05) is 18.2 Å². The van der Waals surface area contributed by atoms with Crippen LogP contribution in [0.2, 0.25) is 0 Å². The Morgan fingerprint density at radius 3 is 2.70 bits per heavy atom. The summed E-state index contributed by atoms with van der Waals surface area (Å²) in [7, 11) is 0. The molecule has 106 valence electrons. The van der Waals surface area contributed by atoms with Crippen LogP contribution in [0.4, 0.5) is 5.69 Å². The number of rotatable bonds is 5. The highest BCUT2D eigenvalue weighted by molar-refractivity contribution is 7.11. The van der Waals surface area contributed by atoms with Crippen LogP contribution in [0.3, 0.4) is 0 Å². The van der Waals surface area contributed by atoms with Crippen LogP contribution in [-0.4, -0.2) is 9.91 Å². The molecule has 0 saturated carbocycles. The number of nitro groups is 1. The number of nitrogens with zero attached hydrogens (tertiary/aromatic N) is 2. The Labute approximate surface area is 121 Å². The van der Waals surface area contributed by atoms with E-state index in [1.807, 2.05) is 26.8 Å². The number of benzene rings is 1. The van der Waals surface area contributed by atoms with E-state index < -0.39 is 0 Å². The Bertz CT molecular complexity index is 625. The fraction of sp³-hybridized carbons (Fsp3) is 0.357. The van der Waals surface area contributed by atoms with Gasteiger partial charge in [0.15, 0.2) is 0 Å². The quantitative estimate of drug-likeness (QED) is 0.676. The Morgan fingerprint density at radius 1 is 1.40 bits per heavy atom. The molecule has 0 amide bonds. The van der Waals surface area contributed by atoms with Crippen LogP contribution in [-0.2, 0) is 6.54 Å². The molecule has 0 radical (unpaired) electrons. The molecule has 2 rings (SSSR count). The third kappa shape index (κ3) is 3.20. The number of para-hydroxylation sites is 1. The van der Waals surface area contributed by atoms with Crippen molar-refractivity contribution < 1.29 is 4.92 Å². The summed E-state index contributed by atoms with van der Waals surface area (Å²) in [6, 6.07) is 6.86. The SMILES string of the molecule is Cc1nc(C(C)NCc2ccccc2[N+](=O)[O-])c(C)s1. The minimum atomic E-state index is -0.347. The van der Waals surface area contributed by atoms with Crippen molar-refractivity contribution in [1.29, 1.82) is 0 Å². The molecule has 5 nitrogen and oxygen atoms in total. The van der Waals surface area contributed by atoms with Gasteiger partial charge in [0.2, 0.25) is 0 Å². The van der Waals surface area contributed by atoms with Crippen molar-refractivity contribution >= 4 is 17.0 Å². The maximum Gasteiger partial charge on any atom is 0.273 e. The standard InChI is InChI=1S/C14H17N3O2S/c1-9(14-10(2)20-11(3)16-14)15-8-12-6-4-5-7-13(12)17(18)19/h4-7,9,15H,8H2,1-3H3. The molecule has 0 bridgehead atoms. The summed E-state index contributed by atoms with van der Waals surface area (Å²) >= 11 is 1.67. The molecule has 1 aromatic carbocycles. The van der Waals surface area contributed by atoms with E-state index in [0.717, 1.165) is 10.7 Å². The van der Waals surface area contributed by atoms with Gasteiger partial charge in [0, 0.05) is 29.1 Å². The molecule has 6 heteroatoms. The van der Waals surface area contributed by atoms with Crippen LogP contribution in [0.15, 0.2) is 24.3 Å². The molecule has 1 atom stereocenters. The number of aromatic nitrogens is 1. The van der Waals surface area contributed by atoms with Crippen molar-refractivity contribution in [2.75, 3.05) is 0 Å². The van der Waals surface area contributed by atoms with Crippen LogP contribution in [0.1, 0.15) is 34.1 Å². The largest absolute Gasteiger partial charge is 0.304 e. The second-order valence-electron chi connectivity index (χ2n) is 4.66. The Balaban J connectivity index is 2.09. The van der Waals surface area contributed by atoms with Crippen molar-refractivity contribution in [3.63, 3.8) is 0 Å². The second-order valence-corrected chi connectivity index (χ2v) is 6.07.